The van der Waals surface area contributed by atoms with E-state index in [0.717, 1.165) is 11.3 Å². The Morgan fingerprint density at radius 3 is 2.59 bits per heavy atom. The summed E-state index contributed by atoms with van der Waals surface area (Å²) in [5.74, 6) is 1.16. The molecular formula is C16H18N4O2. The van der Waals surface area contributed by atoms with Crippen LogP contribution < -0.4 is 15.4 Å². The van der Waals surface area contributed by atoms with E-state index in [1.165, 1.54) is 0 Å². The molecule has 6 nitrogen and oxygen atoms in total. The van der Waals surface area contributed by atoms with E-state index in [1.54, 1.807) is 25.3 Å². The first-order valence-corrected chi connectivity index (χ1v) is 6.82. The van der Waals surface area contributed by atoms with E-state index in [-0.39, 0.29) is 11.6 Å². The summed E-state index contributed by atoms with van der Waals surface area (Å²) in [6.07, 6.45) is 1.61. The summed E-state index contributed by atoms with van der Waals surface area (Å²) in [5, 5.41) is 13.7. The molecule has 22 heavy (non-hydrogen) atoms. The van der Waals surface area contributed by atoms with Crippen LogP contribution in [-0.4, -0.2) is 29.8 Å². The van der Waals surface area contributed by atoms with E-state index in [0.29, 0.717) is 18.9 Å². The van der Waals surface area contributed by atoms with Crippen molar-refractivity contribution in [3.05, 3.63) is 60.3 Å². The van der Waals surface area contributed by atoms with Crippen LogP contribution in [-0.2, 0) is 6.54 Å². The molecule has 1 aromatic carbocycles. The summed E-state index contributed by atoms with van der Waals surface area (Å²) >= 11 is 0. The number of rotatable bonds is 7. The molecule has 0 radical (unpaired) electrons. The molecule has 0 aliphatic heterocycles. The highest BCUT2D eigenvalue weighted by Crippen LogP contribution is 2.12. The zero-order valence-corrected chi connectivity index (χ0v) is 12.4. The molecule has 114 valence electrons. The van der Waals surface area contributed by atoms with E-state index in [1.807, 2.05) is 24.3 Å². The molecule has 0 aliphatic carbocycles. The second-order valence-corrected chi connectivity index (χ2v) is 4.50. The molecule has 0 unspecified atom stereocenters. The van der Waals surface area contributed by atoms with Crippen molar-refractivity contribution in [1.82, 2.24) is 15.5 Å². The number of aromatic nitrogens is 2. The Labute approximate surface area is 129 Å². The van der Waals surface area contributed by atoms with Gasteiger partial charge in [0.15, 0.2) is 5.69 Å². The molecule has 0 spiro atoms. The first-order chi connectivity index (χ1) is 10.7. The van der Waals surface area contributed by atoms with Crippen LogP contribution in [0.2, 0.25) is 0 Å². The maximum Gasteiger partial charge on any atom is 0.272 e. The molecule has 2 aromatic rings. The smallest absolute Gasteiger partial charge is 0.272 e. The van der Waals surface area contributed by atoms with Gasteiger partial charge in [0.1, 0.15) is 11.6 Å². The summed E-state index contributed by atoms with van der Waals surface area (Å²) < 4.78 is 5.11. The van der Waals surface area contributed by atoms with Gasteiger partial charge < -0.3 is 15.4 Å². The van der Waals surface area contributed by atoms with E-state index in [4.69, 9.17) is 4.74 Å². The maximum absolute atomic E-state index is 11.7. The lowest BCUT2D eigenvalue weighted by Gasteiger charge is -2.07. The summed E-state index contributed by atoms with van der Waals surface area (Å²) in [4.78, 5) is 11.7. The van der Waals surface area contributed by atoms with Gasteiger partial charge in [0, 0.05) is 13.1 Å². The number of anilines is 1. The Hall–Kier alpha value is -2.89. The first-order valence-electron chi connectivity index (χ1n) is 6.82. The standard InChI is InChI=1S/C16H18N4O2/c1-3-10-17-16(21)14-8-9-15(20-19-14)18-11-12-4-6-13(22-2)7-5-12/h3-9H,1,10-11H2,2H3,(H,17,21)(H,18,20). The third kappa shape index (κ3) is 4.31. The number of carbonyl (C=O) groups excluding carboxylic acids is 1. The summed E-state index contributed by atoms with van der Waals surface area (Å²) in [6.45, 7) is 4.55. The van der Waals surface area contributed by atoms with Gasteiger partial charge in [0.2, 0.25) is 0 Å². The largest absolute Gasteiger partial charge is 0.497 e. The van der Waals surface area contributed by atoms with Crippen molar-refractivity contribution in [3.63, 3.8) is 0 Å². The minimum atomic E-state index is -0.269. The topological polar surface area (TPSA) is 76.1 Å². The highest BCUT2D eigenvalue weighted by molar-refractivity contribution is 5.92. The fourth-order valence-corrected chi connectivity index (χ4v) is 1.74. The predicted molar refractivity (Wildman–Crippen MR) is 84.9 cm³/mol. The van der Waals surface area contributed by atoms with E-state index in [2.05, 4.69) is 27.4 Å². The van der Waals surface area contributed by atoms with Gasteiger partial charge >= 0.3 is 0 Å². The Bertz CT molecular complexity index is 624. The summed E-state index contributed by atoms with van der Waals surface area (Å²) in [5.41, 5.74) is 1.37. The van der Waals surface area contributed by atoms with Crippen molar-refractivity contribution < 1.29 is 9.53 Å². The normalized spacial score (nSPS) is 9.86. The van der Waals surface area contributed by atoms with Gasteiger partial charge in [-0.15, -0.1) is 16.8 Å². The molecular weight excluding hydrogens is 280 g/mol. The molecule has 6 heteroatoms. The van der Waals surface area contributed by atoms with Crippen LogP contribution in [0.25, 0.3) is 0 Å². The zero-order chi connectivity index (χ0) is 15.8. The van der Waals surface area contributed by atoms with Crippen LogP contribution in [0.3, 0.4) is 0 Å². The number of ether oxygens (including phenoxy) is 1. The molecule has 0 bridgehead atoms. The first kappa shape index (κ1) is 15.5. The molecule has 0 atom stereocenters. The van der Waals surface area contributed by atoms with Crippen LogP contribution in [0.4, 0.5) is 5.82 Å². The van der Waals surface area contributed by atoms with E-state index in [9.17, 15) is 4.79 Å². The Morgan fingerprint density at radius 2 is 2.00 bits per heavy atom. The highest BCUT2D eigenvalue weighted by atomic mass is 16.5. The number of hydrogen-bond acceptors (Lipinski definition) is 5. The third-order valence-electron chi connectivity index (χ3n) is 2.94. The van der Waals surface area contributed by atoms with Crippen molar-refractivity contribution in [2.45, 2.75) is 6.54 Å². The molecule has 2 N–H and O–H groups in total. The Morgan fingerprint density at radius 1 is 1.23 bits per heavy atom. The molecule has 1 aromatic heterocycles. The van der Waals surface area contributed by atoms with Crippen molar-refractivity contribution >= 4 is 11.7 Å². The predicted octanol–water partition coefficient (Wildman–Crippen LogP) is 2.01. The van der Waals surface area contributed by atoms with Crippen LogP contribution >= 0.6 is 0 Å². The van der Waals surface area contributed by atoms with Gasteiger partial charge in [-0.05, 0) is 29.8 Å². The van der Waals surface area contributed by atoms with Gasteiger partial charge in [-0.25, -0.2) is 0 Å². The second-order valence-electron chi connectivity index (χ2n) is 4.50. The third-order valence-corrected chi connectivity index (χ3v) is 2.94. The van der Waals surface area contributed by atoms with Crippen molar-refractivity contribution in [2.75, 3.05) is 19.0 Å². The molecule has 1 amide bonds. The molecule has 0 saturated carbocycles. The van der Waals surface area contributed by atoms with Crippen molar-refractivity contribution in [1.29, 1.82) is 0 Å². The van der Waals surface area contributed by atoms with Crippen molar-refractivity contribution in [2.24, 2.45) is 0 Å². The van der Waals surface area contributed by atoms with Gasteiger partial charge in [-0.1, -0.05) is 18.2 Å². The number of nitrogens with one attached hydrogen (secondary N) is 2. The lowest BCUT2D eigenvalue weighted by molar-refractivity contribution is 0.0952. The van der Waals surface area contributed by atoms with Gasteiger partial charge in [-0.3, -0.25) is 4.79 Å². The Kier molecular flexibility index (Phi) is 5.48. The monoisotopic (exact) mass is 298 g/mol. The average Bonchev–Trinajstić information content (AvgIpc) is 2.58. The fraction of sp³-hybridized carbons (Fsp3) is 0.188. The van der Waals surface area contributed by atoms with Gasteiger partial charge in [0.05, 0.1) is 7.11 Å². The molecule has 1 heterocycles. The van der Waals surface area contributed by atoms with Crippen LogP contribution in [0.1, 0.15) is 16.1 Å². The number of methoxy groups -OCH3 is 1. The Balaban J connectivity index is 1.90. The summed E-state index contributed by atoms with van der Waals surface area (Å²) in [7, 11) is 1.63. The average molecular weight is 298 g/mol. The quantitative estimate of drug-likeness (QED) is 0.765. The van der Waals surface area contributed by atoms with Crippen molar-refractivity contribution in [3.8, 4) is 5.75 Å². The lowest BCUT2D eigenvalue weighted by Crippen LogP contribution is -2.24. The number of hydrogen-bond donors (Lipinski definition) is 2. The molecule has 0 aliphatic rings. The molecule has 0 saturated heterocycles. The fourth-order valence-electron chi connectivity index (χ4n) is 1.74. The molecule has 2 rings (SSSR count). The maximum atomic E-state index is 11.7. The van der Waals surface area contributed by atoms with Gasteiger partial charge in [0.25, 0.3) is 5.91 Å². The number of nitrogens with zero attached hydrogens (tertiary/aromatic N) is 2. The minimum Gasteiger partial charge on any atom is -0.497 e. The highest BCUT2D eigenvalue weighted by Gasteiger charge is 2.06. The lowest BCUT2D eigenvalue weighted by atomic mass is 10.2. The van der Waals surface area contributed by atoms with E-state index >= 15 is 0 Å². The SMILES string of the molecule is C=CCNC(=O)c1ccc(NCc2ccc(OC)cc2)nn1. The van der Waals surface area contributed by atoms with Gasteiger partial charge in [-0.2, -0.15) is 0 Å². The van der Waals surface area contributed by atoms with Crippen LogP contribution in [0.15, 0.2) is 49.1 Å². The second kappa shape index (κ2) is 7.78. The zero-order valence-electron chi connectivity index (χ0n) is 12.4. The van der Waals surface area contributed by atoms with E-state index < -0.39 is 0 Å². The molecule has 0 fully saturated rings. The summed E-state index contributed by atoms with van der Waals surface area (Å²) in [6, 6.07) is 11.1. The minimum absolute atomic E-state index is 0.269. The van der Waals surface area contributed by atoms with Crippen LogP contribution in [0.5, 0.6) is 5.75 Å². The van der Waals surface area contributed by atoms with Crippen LogP contribution in [0, 0.1) is 0 Å². The number of benzene rings is 1. The number of amides is 1. The number of carbonyl (C=O) groups is 1.